The first-order valence-electron chi connectivity index (χ1n) is 9.15. The molecule has 0 spiro atoms. The minimum absolute atomic E-state index is 0. The number of benzene rings is 1. The van der Waals surface area contributed by atoms with Crippen LogP contribution in [-0.2, 0) is 9.59 Å². The van der Waals surface area contributed by atoms with Crippen LogP contribution in [0.15, 0.2) is 18.2 Å². The highest BCUT2D eigenvalue weighted by Crippen LogP contribution is 2.21. The van der Waals surface area contributed by atoms with E-state index in [1.54, 1.807) is 11.0 Å². The zero-order valence-corrected chi connectivity index (χ0v) is 17.3. The molecule has 1 aromatic carbocycles. The zero-order chi connectivity index (χ0) is 18.9. The molecule has 27 heavy (non-hydrogen) atoms. The largest absolute Gasteiger partial charge is 0.494 e. The number of amides is 2. The lowest BCUT2D eigenvalue weighted by molar-refractivity contribution is -0.135. The van der Waals surface area contributed by atoms with E-state index in [-0.39, 0.29) is 30.1 Å². The first-order chi connectivity index (χ1) is 12.5. The molecule has 6 nitrogen and oxygen atoms in total. The predicted molar refractivity (Wildman–Crippen MR) is 110 cm³/mol. The fourth-order valence-electron chi connectivity index (χ4n) is 3.04. The highest BCUT2D eigenvalue weighted by Gasteiger charge is 2.27. The fraction of sp³-hybridized carbons (Fsp3) is 0.579. The fourth-order valence-corrected chi connectivity index (χ4v) is 3.15. The van der Waals surface area contributed by atoms with Gasteiger partial charge < -0.3 is 20.7 Å². The zero-order valence-electron chi connectivity index (χ0n) is 15.7. The van der Waals surface area contributed by atoms with E-state index in [4.69, 9.17) is 22.1 Å². The highest BCUT2D eigenvalue weighted by molar-refractivity contribution is 6.31. The van der Waals surface area contributed by atoms with E-state index in [1.165, 1.54) is 0 Å². The summed E-state index contributed by atoms with van der Waals surface area (Å²) in [4.78, 5) is 26.2. The Kier molecular flexibility index (Phi) is 10.5. The van der Waals surface area contributed by atoms with Crippen molar-refractivity contribution in [3.63, 3.8) is 0 Å². The maximum atomic E-state index is 12.4. The Morgan fingerprint density at radius 1 is 1.41 bits per heavy atom. The average Bonchev–Trinajstić information content (AvgIpc) is 2.66. The Morgan fingerprint density at radius 2 is 2.19 bits per heavy atom. The first-order valence-corrected chi connectivity index (χ1v) is 9.53. The number of piperidine rings is 1. The molecule has 152 valence electrons. The van der Waals surface area contributed by atoms with Crippen LogP contribution in [0.2, 0.25) is 5.02 Å². The van der Waals surface area contributed by atoms with Crippen molar-refractivity contribution in [3.05, 3.63) is 28.8 Å². The second-order valence-corrected chi connectivity index (χ2v) is 7.03. The molecule has 2 rings (SSSR count). The van der Waals surface area contributed by atoms with E-state index >= 15 is 0 Å². The Balaban J connectivity index is 0.00000364. The monoisotopic (exact) mass is 417 g/mol. The molecule has 8 heteroatoms. The molecular formula is C19H29Cl2N3O3. The van der Waals surface area contributed by atoms with Gasteiger partial charge in [0.2, 0.25) is 11.8 Å². The summed E-state index contributed by atoms with van der Waals surface area (Å²) in [6.07, 6.45) is 2.73. The van der Waals surface area contributed by atoms with E-state index in [9.17, 15) is 9.59 Å². The van der Waals surface area contributed by atoms with Crippen molar-refractivity contribution in [2.75, 3.05) is 32.8 Å². The summed E-state index contributed by atoms with van der Waals surface area (Å²) < 4.78 is 5.68. The van der Waals surface area contributed by atoms with E-state index in [2.05, 4.69) is 5.32 Å². The third-order valence-electron chi connectivity index (χ3n) is 4.52. The van der Waals surface area contributed by atoms with Gasteiger partial charge >= 0.3 is 0 Å². The van der Waals surface area contributed by atoms with Crippen LogP contribution >= 0.6 is 24.0 Å². The van der Waals surface area contributed by atoms with Crippen molar-refractivity contribution in [3.8, 4) is 5.75 Å². The van der Waals surface area contributed by atoms with Gasteiger partial charge in [0.05, 0.1) is 12.5 Å². The minimum atomic E-state index is -0.132. The lowest BCUT2D eigenvalue weighted by atomic mass is 9.96. The number of nitrogens with zero attached hydrogens (tertiary/aromatic N) is 1. The van der Waals surface area contributed by atoms with Crippen molar-refractivity contribution < 1.29 is 14.3 Å². The number of hydrogen-bond donors (Lipinski definition) is 2. The number of likely N-dealkylation sites (tertiary alicyclic amines) is 1. The normalized spacial score (nSPS) is 16.4. The molecule has 0 aliphatic carbocycles. The molecule has 0 radical (unpaired) electrons. The number of aryl methyl sites for hydroxylation is 1. The molecule has 1 saturated heterocycles. The molecule has 0 bridgehead atoms. The van der Waals surface area contributed by atoms with Crippen molar-refractivity contribution in [2.24, 2.45) is 11.7 Å². The molecule has 0 saturated carbocycles. The van der Waals surface area contributed by atoms with Gasteiger partial charge in [-0.15, -0.1) is 12.4 Å². The summed E-state index contributed by atoms with van der Waals surface area (Å²) in [6.45, 7) is 4.51. The number of ether oxygens (including phenoxy) is 1. The quantitative estimate of drug-likeness (QED) is 0.636. The molecule has 3 N–H and O–H groups in total. The molecule has 2 amide bonds. The van der Waals surface area contributed by atoms with Crippen molar-refractivity contribution >= 4 is 35.8 Å². The first kappa shape index (κ1) is 23.5. The van der Waals surface area contributed by atoms with Crippen LogP contribution in [0, 0.1) is 12.8 Å². The van der Waals surface area contributed by atoms with Crippen LogP contribution in [0.1, 0.15) is 31.2 Å². The number of hydrogen-bond acceptors (Lipinski definition) is 4. The second kappa shape index (κ2) is 12.1. The molecular weight excluding hydrogens is 389 g/mol. The van der Waals surface area contributed by atoms with E-state index in [0.717, 1.165) is 30.7 Å². The Hall–Kier alpha value is -1.50. The van der Waals surface area contributed by atoms with Gasteiger partial charge in [-0.25, -0.2) is 0 Å². The standard InChI is InChI=1S/C19H28ClN3O3.ClH/c1-14-12-16(6-7-17(14)20)26-11-3-5-18(24)23-10-2-4-15(13-23)19(25)22-9-8-21;/h6-7,12,15H,2-5,8-11,13,21H2,1H3,(H,22,25);1H. The van der Waals surface area contributed by atoms with Gasteiger partial charge in [-0.1, -0.05) is 11.6 Å². The number of nitrogens with one attached hydrogen (secondary N) is 1. The third kappa shape index (κ3) is 7.56. The van der Waals surface area contributed by atoms with Crippen molar-refractivity contribution in [1.82, 2.24) is 10.2 Å². The molecule has 1 atom stereocenters. The Labute approximate surface area is 172 Å². The summed E-state index contributed by atoms with van der Waals surface area (Å²) in [5.74, 6) is 0.702. The average molecular weight is 418 g/mol. The van der Waals surface area contributed by atoms with Crippen LogP contribution in [0.4, 0.5) is 0 Å². The van der Waals surface area contributed by atoms with E-state index < -0.39 is 0 Å². The molecule has 1 unspecified atom stereocenters. The van der Waals surface area contributed by atoms with Gasteiger partial charge in [0.15, 0.2) is 0 Å². The highest BCUT2D eigenvalue weighted by atomic mass is 35.5. The molecule has 1 aromatic rings. The van der Waals surface area contributed by atoms with Gasteiger partial charge in [0, 0.05) is 37.6 Å². The number of carbonyl (C=O) groups excluding carboxylic acids is 2. The Morgan fingerprint density at radius 3 is 2.89 bits per heavy atom. The van der Waals surface area contributed by atoms with Crippen molar-refractivity contribution in [2.45, 2.75) is 32.6 Å². The van der Waals surface area contributed by atoms with Crippen LogP contribution in [0.5, 0.6) is 5.75 Å². The maximum absolute atomic E-state index is 12.4. The van der Waals surface area contributed by atoms with Gasteiger partial charge in [0.25, 0.3) is 0 Å². The second-order valence-electron chi connectivity index (χ2n) is 6.62. The van der Waals surface area contributed by atoms with Gasteiger partial charge in [-0.2, -0.15) is 0 Å². The van der Waals surface area contributed by atoms with Crippen LogP contribution in [0.25, 0.3) is 0 Å². The van der Waals surface area contributed by atoms with E-state index in [0.29, 0.717) is 44.1 Å². The predicted octanol–water partition coefficient (Wildman–Crippen LogP) is 2.54. The van der Waals surface area contributed by atoms with Crippen molar-refractivity contribution in [1.29, 1.82) is 0 Å². The summed E-state index contributed by atoms with van der Waals surface area (Å²) in [6, 6.07) is 5.52. The number of halogens is 2. The molecule has 1 aliphatic heterocycles. The molecule has 1 heterocycles. The number of nitrogens with two attached hydrogens (primary N) is 1. The van der Waals surface area contributed by atoms with Crippen LogP contribution < -0.4 is 15.8 Å². The summed E-state index contributed by atoms with van der Waals surface area (Å²) in [7, 11) is 0. The lowest BCUT2D eigenvalue weighted by Crippen LogP contribution is -2.46. The summed E-state index contributed by atoms with van der Waals surface area (Å²) in [5.41, 5.74) is 6.38. The van der Waals surface area contributed by atoms with Crippen LogP contribution in [0.3, 0.4) is 0 Å². The molecule has 1 fully saturated rings. The maximum Gasteiger partial charge on any atom is 0.224 e. The summed E-state index contributed by atoms with van der Waals surface area (Å²) >= 11 is 5.99. The van der Waals surface area contributed by atoms with Gasteiger partial charge in [0.1, 0.15) is 5.75 Å². The third-order valence-corrected chi connectivity index (χ3v) is 4.95. The minimum Gasteiger partial charge on any atom is -0.494 e. The number of rotatable bonds is 8. The molecule has 1 aliphatic rings. The topological polar surface area (TPSA) is 84.7 Å². The Bertz CT molecular complexity index is 628. The van der Waals surface area contributed by atoms with Crippen LogP contribution in [-0.4, -0.2) is 49.5 Å². The lowest BCUT2D eigenvalue weighted by Gasteiger charge is -2.32. The number of carbonyl (C=O) groups is 2. The van der Waals surface area contributed by atoms with E-state index in [1.807, 2.05) is 19.1 Å². The van der Waals surface area contributed by atoms with Gasteiger partial charge in [-0.05, 0) is 49.9 Å². The molecule has 0 aromatic heterocycles. The SMILES string of the molecule is Cc1cc(OCCCC(=O)N2CCCC(C(=O)NCCN)C2)ccc1Cl.Cl. The smallest absolute Gasteiger partial charge is 0.224 e. The summed E-state index contributed by atoms with van der Waals surface area (Å²) in [5, 5.41) is 3.52. The van der Waals surface area contributed by atoms with Gasteiger partial charge in [-0.3, -0.25) is 9.59 Å².